The minimum atomic E-state index is -0.959. The van der Waals surface area contributed by atoms with Gasteiger partial charge in [0.1, 0.15) is 12.4 Å². The molecule has 2 aliphatic rings. The zero-order valence-corrected chi connectivity index (χ0v) is 17.5. The van der Waals surface area contributed by atoms with Crippen molar-refractivity contribution >= 4 is 23.8 Å². The SMILES string of the molecule is CC(C)CN1C(=O)C(=O)N(CC(=O)N(Cc2ccc(F)cc2)C2CCCCC2)C1=O. The summed E-state index contributed by atoms with van der Waals surface area (Å²) in [5, 5.41) is 0. The highest BCUT2D eigenvalue weighted by atomic mass is 19.1. The summed E-state index contributed by atoms with van der Waals surface area (Å²) in [6.07, 6.45) is 4.79. The van der Waals surface area contributed by atoms with Crippen molar-refractivity contribution in [2.45, 2.75) is 58.5 Å². The predicted molar refractivity (Wildman–Crippen MR) is 107 cm³/mol. The van der Waals surface area contributed by atoms with E-state index in [0.717, 1.165) is 47.5 Å². The Balaban J connectivity index is 1.77. The van der Waals surface area contributed by atoms with Crippen LogP contribution in [-0.2, 0) is 20.9 Å². The first-order chi connectivity index (χ1) is 14.3. The van der Waals surface area contributed by atoms with E-state index >= 15 is 0 Å². The van der Waals surface area contributed by atoms with Gasteiger partial charge in [0.15, 0.2) is 0 Å². The lowest BCUT2D eigenvalue weighted by atomic mass is 9.93. The van der Waals surface area contributed by atoms with Crippen LogP contribution in [0.25, 0.3) is 0 Å². The Morgan fingerprint density at radius 3 is 2.23 bits per heavy atom. The Hall–Kier alpha value is -2.77. The van der Waals surface area contributed by atoms with E-state index in [0.29, 0.717) is 0 Å². The van der Waals surface area contributed by atoms with Crippen molar-refractivity contribution in [3.8, 4) is 0 Å². The first kappa shape index (κ1) is 21.9. The zero-order chi connectivity index (χ0) is 21.8. The molecule has 0 N–H and O–H groups in total. The molecule has 5 amide bonds. The quantitative estimate of drug-likeness (QED) is 0.505. The summed E-state index contributed by atoms with van der Waals surface area (Å²) >= 11 is 0. The molecule has 3 rings (SSSR count). The van der Waals surface area contributed by atoms with E-state index < -0.39 is 24.4 Å². The largest absolute Gasteiger partial charge is 0.334 e. The van der Waals surface area contributed by atoms with Crippen LogP contribution < -0.4 is 0 Å². The van der Waals surface area contributed by atoms with Crippen LogP contribution in [0.1, 0.15) is 51.5 Å². The van der Waals surface area contributed by atoms with Gasteiger partial charge in [0.05, 0.1) is 0 Å². The molecule has 1 saturated heterocycles. The topological polar surface area (TPSA) is 78.0 Å². The molecule has 8 heteroatoms. The molecule has 0 atom stereocenters. The number of hydrogen-bond donors (Lipinski definition) is 0. The van der Waals surface area contributed by atoms with Gasteiger partial charge in [0.25, 0.3) is 0 Å². The average molecular weight is 417 g/mol. The van der Waals surface area contributed by atoms with Crippen LogP contribution in [0.2, 0.25) is 0 Å². The molecule has 7 nitrogen and oxygen atoms in total. The second-order valence-corrected chi connectivity index (χ2v) is 8.42. The summed E-state index contributed by atoms with van der Waals surface area (Å²) in [7, 11) is 0. The Morgan fingerprint density at radius 2 is 1.63 bits per heavy atom. The molecule has 0 radical (unpaired) electrons. The predicted octanol–water partition coefficient (Wildman–Crippen LogP) is 2.93. The van der Waals surface area contributed by atoms with Gasteiger partial charge in [-0.1, -0.05) is 45.2 Å². The van der Waals surface area contributed by atoms with Crippen molar-refractivity contribution in [1.29, 1.82) is 0 Å². The number of rotatable bonds is 7. The van der Waals surface area contributed by atoms with Crippen molar-refractivity contribution in [3.63, 3.8) is 0 Å². The number of carbonyl (C=O) groups is 4. The monoisotopic (exact) mass is 417 g/mol. The second-order valence-electron chi connectivity index (χ2n) is 8.42. The number of urea groups is 1. The van der Waals surface area contributed by atoms with Gasteiger partial charge in [-0.25, -0.2) is 14.1 Å². The molecule has 1 aromatic rings. The highest BCUT2D eigenvalue weighted by Crippen LogP contribution is 2.25. The van der Waals surface area contributed by atoms with E-state index in [1.54, 1.807) is 17.0 Å². The lowest BCUT2D eigenvalue weighted by molar-refractivity contribution is -0.145. The number of hydrogen-bond acceptors (Lipinski definition) is 4. The van der Waals surface area contributed by atoms with Crippen LogP contribution in [0.5, 0.6) is 0 Å². The van der Waals surface area contributed by atoms with E-state index in [9.17, 15) is 23.6 Å². The molecule has 0 unspecified atom stereocenters. The Bertz CT molecular complexity index is 818. The van der Waals surface area contributed by atoms with Gasteiger partial charge >= 0.3 is 17.8 Å². The highest BCUT2D eigenvalue weighted by Gasteiger charge is 2.46. The standard InChI is InChI=1S/C22H28FN3O4/c1-15(2)12-25-20(28)21(29)26(22(25)30)14-19(27)24(18-6-4-3-5-7-18)13-16-8-10-17(23)11-9-16/h8-11,15,18H,3-7,12-14H2,1-2H3. The van der Waals surface area contributed by atoms with Crippen molar-refractivity contribution in [2.75, 3.05) is 13.1 Å². The van der Waals surface area contributed by atoms with E-state index in [-0.39, 0.29) is 36.8 Å². The molecule has 1 heterocycles. The maximum atomic E-state index is 13.3. The zero-order valence-electron chi connectivity index (χ0n) is 17.5. The summed E-state index contributed by atoms with van der Waals surface area (Å²) in [5.74, 6) is -2.57. The van der Waals surface area contributed by atoms with Crippen LogP contribution in [0.3, 0.4) is 0 Å². The minimum absolute atomic E-state index is 0.00780. The molecule has 162 valence electrons. The molecule has 1 aromatic carbocycles. The Labute approximate surface area is 175 Å². The maximum absolute atomic E-state index is 13.3. The van der Waals surface area contributed by atoms with Crippen molar-refractivity contribution in [1.82, 2.24) is 14.7 Å². The number of imide groups is 2. The fourth-order valence-electron chi connectivity index (χ4n) is 4.04. The molecule has 1 aliphatic heterocycles. The normalized spacial score (nSPS) is 17.9. The molecular weight excluding hydrogens is 389 g/mol. The van der Waals surface area contributed by atoms with Crippen LogP contribution in [0, 0.1) is 11.7 Å². The summed E-state index contributed by atoms with van der Waals surface area (Å²) in [6, 6.07) is 5.18. The van der Waals surface area contributed by atoms with Gasteiger partial charge in [-0.3, -0.25) is 19.3 Å². The van der Waals surface area contributed by atoms with Crippen molar-refractivity contribution in [3.05, 3.63) is 35.6 Å². The molecular formula is C22H28FN3O4. The highest BCUT2D eigenvalue weighted by molar-refractivity contribution is 6.45. The van der Waals surface area contributed by atoms with Crippen molar-refractivity contribution < 1.29 is 23.6 Å². The fraction of sp³-hybridized carbons (Fsp3) is 0.545. The Kier molecular flexibility index (Phi) is 6.84. The van der Waals surface area contributed by atoms with E-state index in [1.165, 1.54) is 12.1 Å². The van der Waals surface area contributed by atoms with Gasteiger partial charge in [-0.2, -0.15) is 0 Å². The van der Waals surface area contributed by atoms with E-state index in [4.69, 9.17) is 0 Å². The average Bonchev–Trinajstić information content (AvgIpc) is 2.92. The summed E-state index contributed by atoms with van der Waals surface area (Å²) in [4.78, 5) is 53.6. The Morgan fingerprint density at radius 1 is 1.03 bits per heavy atom. The van der Waals surface area contributed by atoms with Crippen LogP contribution in [0.15, 0.2) is 24.3 Å². The third kappa shape index (κ3) is 4.86. The first-order valence-corrected chi connectivity index (χ1v) is 10.5. The second kappa shape index (κ2) is 9.36. The third-order valence-electron chi connectivity index (χ3n) is 5.58. The van der Waals surface area contributed by atoms with Crippen LogP contribution in [0.4, 0.5) is 9.18 Å². The van der Waals surface area contributed by atoms with E-state index in [1.807, 2.05) is 13.8 Å². The number of benzene rings is 1. The molecule has 0 aromatic heterocycles. The summed E-state index contributed by atoms with van der Waals surface area (Å²) in [6.45, 7) is 3.62. The third-order valence-corrected chi connectivity index (χ3v) is 5.58. The van der Waals surface area contributed by atoms with Gasteiger partial charge in [-0.05, 0) is 36.5 Å². The van der Waals surface area contributed by atoms with Gasteiger partial charge in [-0.15, -0.1) is 0 Å². The maximum Gasteiger partial charge on any atom is 0.334 e. The smallest absolute Gasteiger partial charge is 0.334 e. The van der Waals surface area contributed by atoms with Gasteiger partial charge in [0.2, 0.25) is 5.91 Å². The molecule has 30 heavy (non-hydrogen) atoms. The summed E-state index contributed by atoms with van der Waals surface area (Å²) < 4.78 is 13.3. The lowest BCUT2D eigenvalue weighted by Gasteiger charge is -2.35. The molecule has 0 bridgehead atoms. The number of amides is 5. The lowest BCUT2D eigenvalue weighted by Crippen LogP contribution is -2.47. The summed E-state index contributed by atoms with van der Waals surface area (Å²) in [5.41, 5.74) is 0.770. The minimum Gasteiger partial charge on any atom is -0.334 e. The molecule has 1 saturated carbocycles. The fourth-order valence-corrected chi connectivity index (χ4v) is 4.04. The van der Waals surface area contributed by atoms with Crippen LogP contribution in [-0.4, -0.2) is 57.6 Å². The first-order valence-electron chi connectivity index (χ1n) is 10.5. The molecule has 1 aliphatic carbocycles. The number of nitrogens with zero attached hydrogens (tertiary/aromatic N) is 3. The number of carbonyl (C=O) groups excluding carboxylic acids is 4. The molecule has 0 spiro atoms. The van der Waals surface area contributed by atoms with Gasteiger partial charge < -0.3 is 4.90 Å². The van der Waals surface area contributed by atoms with E-state index in [2.05, 4.69) is 0 Å². The molecule has 2 fully saturated rings. The number of halogens is 1. The van der Waals surface area contributed by atoms with Gasteiger partial charge in [0, 0.05) is 19.1 Å². The van der Waals surface area contributed by atoms with Crippen LogP contribution >= 0.6 is 0 Å². The van der Waals surface area contributed by atoms with Crippen molar-refractivity contribution in [2.24, 2.45) is 5.92 Å².